The maximum absolute atomic E-state index is 11.9. The van der Waals surface area contributed by atoms with Crippen LogP contribution >= 0.6 is 0 Å². The Kier molecular flexibility index (Phi) is 3.79. The summed E-state index contributed by atoms with van der Waals surface area (Å²) in [6.07, 6.45) is 0.926. The van der Waals surface area contributed by atoms with Gasteiger partial charge in [-0.2, -0.15) is 0 Å². The van der Waals surface area contributed by atoms with Gasteiger partial charge in [-0.3, -0.25) is 14.4 Å². The van der Waals surface area contributed by atoms with Gasteiger partial charge in [0.15, 0.2) is 0 Å². The molecule has 1 fully saturated rings. The lowest BCUT2D eigenvalue weighted by Crippen LogP contribution is -2.40. The van der Waals surface area contributed by atoms with Gasteiger partial charge >= 0.3 is 0 Å². The van der Waals surface area contributed by atoms with E-state index in [0.29, 0.717) is 30.6 Å². The van der Waals surface area contributed by atoms with Crippen molar-refractivity contribution in [2.24, 2.45) is 11.7 Å². The van der Waals surface area contributed by atoms with Crippen molar-refractivity contribution in [3.63, 3.8) is 0 Å². The number of benzene rings is 1. The first-order valence-electron chi connectivity index (χ1n) is 6.03. The molecule has 1 aliphatic rings. The standard InChI is InChI=1S/C13H15N3O3/c14-12(18)8-1-4-10(5-2-8)16-13(19)9-3-6-11(17)15-7-9/h1-2,4-5,9H,3,6-7H2,(H2,14,18)(H,15,17)(H,16,19). The number of nitrogens with one attached hydrogen (secondary N) is 2. The highest BCUT2D eigenvalue weighted by atomic mass is 16.2. The third kappa shape index (κ3) is 3.31. The Labute approximate surface area is 110 Å². The number of anilines is 1. The Morgan fingerprint density at radius 2 is 1.95 bits per heavy atom. The highest BCUT2D eigenvalue weighted by Crippen LogP contribution is 2.15. The number of nitrogens with two attached hydrogens (primary N) is 1. The van der Waals surface area contributed by atoms with Gasteiger partial charge in [-0.05, 0) is 30.7 Å². The lowest BCUT2D eigenvalue weighted by atomic mass is 9.98. The first-order valence-corrected chi connectivity index (χ1v) is 6.03. The molecule has 1 heterocycles. The van der Waals surface area contributed by atoms with E-state index < -0.39 is 5.91 Å². The second kappa shape index (κ2) is 5.51. The molecule has 0 spiro atoms. The van der Waals surface area contributed by atoms with E-state index in [1.807, 2.05) is 0 Å². The first-order chi connectivity index (χ1) is 9.06. The van der Waals surface area contributed by atoms with Gasteiger partial charge in [-0.25, -0.2) is 0 Å². The molecule has 0 aromatic heterocycles. The average Bonchev–Trinajstić information content (AvgIpc) is 2.40. The molecular formula is C13H15N3O3. The summed E-state index contributed by atoms with van der Waals surface area (Å²) in [6, 6.07) is 6.36. The molecule has 3 amide bonds. The lowest BCUT2D eigenvalue weighted by molar-refractivity contribution is -0.126. The summed E-state index contributed by atoms with van der Waals surface area (Å²) in [5.74, 6) is -0.872. The average molecular weight is 261 g/mol. The van der Waals surface area contributed by atoms with Crippen LogP contribution in [0, 0.1) is 5.92 Å². The van der Waals surface area contributed by atoms with Crippen LogP contribution in [0.3, 0.4) is 0 Å². The van der Waals surface area contributed by atoms with Gasteiger partial charge in [-0.15, -0.1) is 0 Å². The van der Waals surface area contributed by atoms with Gasteiger partial charge in [-0.1, -0.05) is 0 Å². The molecule has 19 heavy (non-hydrogen) atoms. The summed E-state index contributed by atoms with van der Waals surface area (Å²) >= 11 is 0. The molecular weight excluding hydrogens is 246 g/mol. The van der Waals surface area contributed by atoms with Crippen LogP contribution in [0.25, 0.3) is 0 Å². The predicted molar refractivity (Wildman–Crippen MR) is 69.3 cm³/mol. The van der Waals surface area contributed by atoms with Crippen LogP contribution in [0.2, 0.25) is 0 Å². The Bertz CT molecular complexity index is 500. The zero-order valence-corrected chi connectivity index (χ0v) is 10.3. The molecule has 1 unspecified atom stereocenters. The molecule has 6 heteroatoms. The van der Waals surface area contributed by atoms with Gasteiger partial charge in [0, 0.05) is 24.2 Å². The summed E-state index contributed by atoms with van der Waals surface area (Å²) in [7, 11) is 0. The third-order valence-electron chi connectivity index (χ3n) is 3.07. The predicted octanol–water partition coefficient (Wildman–Crippen LogP) is 0.250. The molecule has 1 atom stereocenters. The monoisotopic (exact) mass is 261 g/mol. The van der Waals surface area contributed by atoms with Gasteiger partial charge in [0.25, 0.3) is 0 Å². The summed E-state index contributed by atoms with van der Waals surface area (Å²) in [5, 5.41) is 5.41. The van der Waals surface area contributed by atoms with Gasteiger partial charge in [0.2, 0.25) is 17.7 Å². The van der Waals surface area contributed by atoms with Gasteiger partial charge in [0.05, 0.1) is 5.92 Å². The number of rotatable bonds is 3. The number of hydrogen-bond donors (Lipinski definition) is 3. The molecule has 0 radical (unpaired) electrons. The second-order valence-corrected chi connectivity index (χ2v) is 4.47. The van der Waals surface area contributed by atoms with Crippen molar-refractivity contribution in [2.75, 3.05) is 11.9 Å². The van der Waals surface area contributed by atoms with Gasteiger partial charge < -0.3 is 16.4 Å². The van der Waals surface area contributed by atoms with Crippen molar-refractivity contribution in [1.29, 1.82) is 0 Å². The number of amides is 3. The molecule has 6 nitrogen and oxygen atoms in total. The molecule has 1 saturated heterocycles. The Hall–Kier alpha value is -2.37. The van der Waals surface area contributed by atoms with Crippen molar-refractivity contribution < 1.29 is 14.4 Å². The molecule has 0 saturated carbocycles. The Morgan fingerprint density at radius 1 is 1.26 bits per heavy atom. The van der Waals surface area contributed by atoms with Crippen molar-refractivity contribution in [3.8, 4) is 0 Å². The van der Waals surface area contributed by atoms with Crippen LogP contribution in [0.5, 0.6) is 0 Å². The summed E-state index contributed by atoms with van der Waals surface area (Å²) in [6.45, 7) is 0.365. The molecule has 1 aliphatic heterocycles. The van der Waals surface area contributed by atoms with E-state index in [4.69, 9.17) is 5.73 Å². The number of hydrogen-bond acceptors (Lipinski definition) is 3. The van der Waals surface area contributed by atoms with Gasteiger partial charge in [0.1, 0.15) is 0 Å². The van der Waals surface area contributed by atoms with Crippen molar-refractivity contribution in [1.82, 2.24) is 5.32 Å². The fourth-order valence-corrected chi connectivity index (χ4v) is 1.92. The van der Waals surface area contributed by atoms with Crippen LogP contribution in [0.15, 0.2) is 24.3 Å². The number of carbonyl (C=O) groups is 3. The maximum Gasteiger partial charge on any atom is 0.248 e. The second-order valence-electron chi connectivity index (χ2n) is 4.47. The zero-order valence-electron chi connectivity index (χ0n) is 10.3. The Morgan fingerprint density at radius 3 is 2.47 bits per heavy atom. The molecule has 1 aromatic rings. The third-order valence-corrected chi connectivity index (χ3v) is 3.07. The number of carbonyl (C=O) groups excluding carboxylic acids is 3. The van der Waals surface area contributed by atoms with Crippen LogP contribution in [0.4, 0.5) is 5.69 Å². The minimum absolute atomic E-state index is 0.0186. The van der Waals surface area contributed by atoms with E-state index in [1.165, 1.54) is 0 Å². The van der Waals surface area contributed by atoms with Crippen molar-refractivity contribution in [2.45, 2.75) is 12.8 Å². The minimum Gasteiger partial charge on any atom is -0.366 e. The topological polar surface area (TPSA) is 101 Å². The SMILES string of the molecule is NC(=O)c1ccc(NC(=O)C2CCC(=O)NC2)cc1. The van der Waals surface area contributed by atoms with E-state index in [9.17, 15) is 14.4 Å². The maximum atomic E-state index is 11.9. The quantitative estimate of drug-likeness (QED) is 0.726. The fourth-order valence-electron chi connectivity index (χ4n) is 1.92. The summed E-state index contributed by atoms with van der Waals surface area (Å²) in [5.41, 5.74) is 6.12. The number of primary amides is 1. The molecule has 4 N–H and O–H groups in total. The highest BCUT2D eigenvalue weighted by molar-refractivity contribution is 5.96. The smallest absolute Gasteiger partial charge is 0.248 e. The van der Waals surface area contributed by atoms with Crippen LogP contribution in [-0.2, 0) is 9.59 Å². The van der Waals surface area contributed by atoms with E-state index >= 15 is 0 Å². The zero-order chi connectivity index (χ0) is 13.8. The van der Waals surface area contributed by atoms with Crippen molar-refractivity contribution in [3.05, 3.63) is 29.8 Å². The number of piperidine rings is 1. The largest absolute Gasteiger partial charge is 0.366 e. The van der Waals surface area contributed by atoms with E-state index in [1.54, 1.807) is 24.3 Å². The summed E-state index contributed by atoms with van der Waals surface area (Å²) in [4.78, 5) is 33.9. The van der Waals surface area contributed by atoms with E-state index in [0.717, 1.165) is 0 Å². The minimum atomic E-state index is -0.507. The summed E-state index contributed by atoms with van der Waals surface area (Å²) < 4.78 is 0. The molecule has 1 aromatic carbocycles. The van der Waals surface area contributed by atoms with Crippen LogP contribution in [-0.4, -0.2) is 24.3 Å². The normalized spacial score (nSPS) is 18.5. The first kappa shape index (κ1) is 13.1. The fraction of sp³-hybridized carbons (Fsp3) is 0.308. The molecule has 2 rings (SSSR count). The van der Waals surface area contributed by atoms with Crippen molar-refractivity contribution >= 4 is 23.4 Å². The molecule has 0 bridgehead atoms. The van der Waals surface area contributed by atoms with Crippen LogP contribution < -0.4 is 16.4 Å². The Balaban J connectivity index is 1.95. The van der Waals surface area contributed by atoms with Crippen LogP contribution in [0.1, 0.15) is 23.2 Å². The highest BCUT2D eigenvalue weighted by Gasteiger charge is 2.24. The lowest BCUT2D eigenvalue weighted by Gasteiger charge is -2.21. The van der Waals surface area contributed by atoms with E-state index in [2.05, 4.69) is 10.6 Å². The molecule has 100 valence electrons. The van der Waals surface area contributed by atoms with E-state index in [-0.39, 0.29) is 17.7 Å². The molecule has 0 aliphatic carbocycles.